The van der Waals surface area contributed by atoms with Crippen LogP contribution < -0.4 is 19.7 Å². The number of benzene rings is 3. The minimum absolute atomic E-state index is 0.0422. The molecule has 1 amide bonds. The molecule has 4 fully saturated rings. The predicted molar refractivity (Wildman–Crippen MR) is 228 cm³/mol. The number of hydrogen-bond donors (Lipinski definition) is 3. The summed E-state index contributed by atoms with van der Waals surface area (Å²) in [4.78, 5) is 39.0. The van der Waals surface area contributed by atoms with Gasteiger partial charge in [0, 0.05) is 61.4 Å². The minimum Gasteiger partial charge on any atom is -0.496 e. The van der Waals surface area contributed by atoms with E-state index in [0.717, 1.165) is 40.1 Å². The van der Waals surface area contributed by atoms with Crippen molar-refractivity contribution in [2.75, 3.05) is 60.5 Å². The number of aliphatic hydroxyl groups is 2. The first-order valence-corrected chi connectivity index (χ1v) is 20.9. The van der Waals surface area contributed by atoms with Crippen molar-refractivity contribution >= 4 is 17.4 Å². The number of likely N-dealkylation sites (N-methyl/N-ethyl adjacent to an activating group) is 1. The SMILES string of the molecule is COc1ccccc1C[C@@H](CN(C)C)NC(=O)c1cc(-c2cccc(CN3O[C@@H](CO)C(C(C)O)[C@H]3C(=O)C[C@H]3CC4C[C@@H]([C@@H]3C)C4(C)C)c2OC)cc(N(C)C)c1. The number of amides is 1. The Labute approximate surface area is 345 Å². The first kappa shape index (κ1) is 43.6. The topological polar surface area (TPSA) is 124 Å². The lowest BCUT2D eigenvalue weighted by atomic mass is 9.43. The number of nitrogens with one attached hydrogen (secondary N) is 1. The van der Waals surface area contributed by atoms with Crippen molar-refractivity contribution in [2.24, 2.45) is 35.0 Å². The quantitative estimate of drug-likeness (QED) is 0.148. The lowest BCUT2D eigenvalue weighted by Gasteiger charge is -2.62. The standard InChI is InChI=1S/C47H66N4O7/c1-28-32(19-35-24-39(28)47(35,3)4)23-40(54)44-43(29(2)53)42(27-52)58-51(44)25-31-15-13-16-38(45(31)57-10)33-18-34(22-37(21-33)50(7)8)46(55)48-36(26-49(5)6)20-30-14-11-12-17-41(30)56-9/h11-18,21-22,28-29,32,35-36,39,42-44,52-53H,19-20,23-27H2,1-10H3,(H,48,55)/t28-,29?,32-,35?,36+,39+,42+,43?,44-/m1/s1. The van der Waals surface area contributed by atoms with Gasteiger partial charge in [-0.15, -0.1) is 0 Å². The van der Waals surface area contributed by atoms with E-state index in [0.29, 0.717) is 53.9 Å². The summed E-state index contributed by atoms with van der Waals surface area (Å²) >= 11 is 0. The van der Waals surface area contributed by atoms with E-state index >= 15 is 0 Å². The Balaban J connectivity index is 1.29. The summed E-state index contributed by atoms with van der Waals surface area (Å²) in [6.07, 6.45) is 1.69. The number of methoxy groups -OCH3 is 2. The second kappa shape index (κ2) is 18.1. The van der Waals surface area contributed by atoms with Crippen molar-refractivity contribution in [2.45, 2.75) is 84.2 Å². The van der Waals surface area contributed by atoms with E-state index in [-0.39, 0.29) is 36.8 Å². The molecule has 4 aliphatic rings. The first-order chi connectivity index (χ1) is 27.6. The molecule has 2 bridgehead atoms. The summed E-state index contributed by atoms with van der Waals surface area (Å²) in [6.45, 7) is 9.21. The second-order valence-electron chi connectivity index (χ2n) is 18.2. The number of carbonyl (C=O) groups is 2. The smallest absolute Gasteiger partial charge is 0.251 e. The Hall–Kier alpha value is -4.00. The van der Waals surface area contributed by atoms with Crippen molar-refractivity contribution < 1.29 is 34.1 Å². The molecule has 316 valence electrons. The van der Waals surface area contributed by atoms with Gasteiger partial charge in [0.25, 0.3) is 5.91 Å². The number of rotatable bonds is 17. The Morgan fingerprint density at radius 3 is 2.34 bits per heavy atom. The first-order valence-electron chi connectivity index (χ1n) is 20.9. The van der Waals surface area contributed by atoms with Crippen LogP contribution in [0, 0.1) is 35.0 Å². The molecule has 3 aliphatic carbocycles. The molecular formula is C47H66N4O7. The second-order valence-corrected chi connectivity index (χ2v) is 18.2. The fourth-order valence-corrected chi connectivity index (χ4v) is 10.4. The highest BCUT2D eigenvalue weighted by Crippen LogP contribution is 2.63. The maximum absolute atomic E-state index is 14.4. The molecule has 0 radical (unpaired) electrons. The lowest BCUT2D eigenvalue weighted by molar-refractivity contribution is -0.183. The number of ether oxygens (including phenoxy) is 2. The van der Waals surface area contributed by atoms with E-state index in [2.05, 4.69) is 31.0 Å². The van der Waals surface area contributed by atoms with E-state index in [9.17, 15) is 19.8 Å². The molecule has 0 aromatic heterocycles. The van der Waals surface area contributed by atoms with Gasteiger partial charge < -0.3 is 34.8 Å². The van der Waals surface area contributed by atoms with Gasteiger partial charge in [-0.1, -0.05) is 57.2 Å². The fourth-order valence-electron chi connectivity index (χ4n) is 10.4. The highest BCUT2D eigenvalue weighted by atomic mass is 16.7. The van der Waals surface area contributed by atoms with Crippen LogP contribution in [0.1, 0.15) is 68.4 Å². The molecule has 58 heavy (non-hydrogen) atoms. The summed E-state index contributed by atoms with van der Waals surface area (Å²) < 4.78 is 11.8. The van der Waals surface area contributed by atoms with Crippen molar-refractivity contribution in [3.63, 3.8) is 0 Å². The molecule has 3 unspecified atom stereocenters. The predicted octanol–water partition coefficient (Wildman–Crippen LogP) is 6.09. The van der Waals surface area contributed by atoms with E-state index in [4.69, 9.17) is 14.3 Å². The third-order valence-electron chi connectivity index (χ3n) is 13.6. The molecule has 9 atom stereocenters. The number of anilines is 1. The Morgan fingerprint density at radius 2 is 1.72 bits per heavy atom. The third kappa shape index (κ3) is 8.94. The summed E-state index contributed by atoms with van der Waals surface area (Å²) in [5.74, 6) is 2.59. The van der Waals surface area contributed by atoms with E-state index in [1.807, 2.05) is 93.8 Å². The van der Waals surface area contributed by atoms with E-state index < -0.39 is 24.2 Å². The number of para-hydroxylation sites is 2. The van der Waals surface area contributed by atoms with Crippen LogP contribution >= 0.6 is 0 Å². The van der Waals surface area contributed by atoms with Crippen LogP contribution in [0.2, 0.25) is 0 Å². The number of aliphatic hydroxyl groups excluding tert-OH is 2. The molecular weight excluding hydrogens is 733 g/mol. The summed E-state index contributed by atoms with van der Waals surface area (Å²) in [7, 11) is 11.2. The average Bonchev–Trinajstić information content (AvgIpc) is 3.56. The van der Waals surface area contributed by atoms with Gasteiger partial charge in [0.2, 0.25) is 0 Å². The fraction of sp³-hybridized carbons (Fsp3) is 0.574. The zero-order valence-electron chi connectivity index (χ0n) is 36.2. The number of hydrogen-bond acceptors (Lipinski definition) is 10. The molecule has 11 nitrogen and oxygen atoms in total. The Kier molecular flexibility index (Phi) is 13.6. The highest BCUT2D eigenvalue weighted by Gasteiger charge is 2.57. The van der Waals surface area contributed by atoms with Crippen molar-refractivity contribution in [3.05, 3.63) is 77.4 Å². The van der Waals surface area contributed by atoms with Gasteiger partial charge >= 0.3 is 0 Å². The van der Waals surface area contributed by atoms with Crippen molar-refractivity contribution in [1.29, 1.82) is 0 Å². The van der Waals surface area contributed by atoms with E-state index in [1.54, 1.807) is 26.2 Å². The van der Waals surface area contributed by atoms with Gasteiger partial charge in [0.05, 0.1) is 33.5 Å². The van der Waals surface area contributed by atoms with Crippen LogP contribution in [0.3, 0.4) is 0 Å². The molecule has 7 rings (SSSR count). The number of hydroxylamine groups is 2. The highest BCUT2D eigenvalue weighted by molar-refractivity contribution is 5.97. The average molecular weight is 799 g/mol. The molecule has 3 saturated carbocycles. The molecule has 1 heterocycles. The van der Waals surface area contributed by atoms with Gasteiger partial charge in [-0.05, 0) is 105 Å². The largest absolute Gasteiger partial charge is 0.496 e. The summed E-state index contributed by atoms with van der Waals surface area (Å²) in [6, 6.07) is 18.6. The number of fused-ring (bicyclic) bond motifs is 2. The maximum Gasteiger partial charge on any atom is 0.251 e. The number of ketones is 1. The van der Waals surface area contributed by atoms with Crippen LogP contribution in [0.5, 0.6) is 11.5 Å². The molecule has 1 saturated heterocycles. The maximum atomic E-state index is 14.4. The number of Topliss-reactive ketones (excluding diaryl/α,β-unsaturated/α-hetero) is 1. The molecule has 3 aromatic carbocycles. The Morgan fingerprint density at radius 1 is 1.00 bits per heavy atom. The molecule has 0 spiro atoms. The zero-order chi connectivity index (χ0) is 42.1. The van der Waals surface area contributed by atoms with Crippen molar-refractivity contribution in [3.8, 4) is 22.6 Å². The van der Waals surface area contributed by atoms with Gasteiger partial charge in [-0.2, -0.15) is 5.06 Å². The lowest BCUT2D eigenvalue weighted by Crippen LogP contribution is -2.55. The molecule has 3 aromatic rings. The summed E-state index contributed by atoms with van der Waals surface area (Å²) in [5.41, 5.74) is 5.04. The van der Waals surface area contributed by atoms with Crippen molar-refractivity contribution in [1.82, 2.24) is 15.3 Å². The number of carbonyl (C=O) groups excluding carboxylic acids is 2. The van der Waals surface area contributed by atoms with Crippen LogP contribution in [-0.4, -0.2) is 112 Å². The van der Waals surface area contributed by atoms with Gasteiger partial charge in [-0.3, -0.25) is 14.4 Å². The van der Waals surface area contributed by atoms with Crippen LogP contribution in [0.4, 0.5) is 5.69 Å². The molecule has 3 N–H and O–H groups in total. The Bertz CT molecular complexity index is 1910. The number of nitrogens with zero attached hydrogens (tertiary/aromatic N) is 3. The van der Waals surface area contributed by atoms with Gasteiger partial charge in [-0.25, -0.2) is 0 Å². The van der Waals surface area contributed by atoms with Gasteiger partial charge in [0.1, 0.15) is 23.6 Å². The van der Waals surface area contributed by atoms with Crippen LogP contribution in [-0.2, 0) is 22.6 Å². The van der Waals surface area contributed by atoms with Crippen LogP contribution in [0.15, 0.2) is 60.7 Å². The van der Waals surface area contributed by atoms with Crippen LogP contribution in [0.25, 0.3) is 11.1 Å². The normalized spacial score (nSPS) is 26.1. The summed E-state index contributed by atoms with van der Waals surface area (Å²) in [5, 5.41) is 26.4. The van der Waals surface area contributed by atoms with Gasteiger partial charge in [0.15, 0.2) is 5.78 Å². The molecule has 11 heteroatoms. The zero-order valence-corrected chi connectivity index (χ0v) is 36.2. The minimum atomic E-state index is -0.870. The molecule has 1 aliphatic heterocycles. The third-order valence-corrected chi connectivity index (χ3v) is 13.6. The van der Waals surface area contributed by atoms with E-state index in [1.165, 1.54) is 6.42 Å². The monoisotopic (exact) mass is 798 g/mol.